The number of benzene rings is 2. The third-order valence-corrected chi connectivity index (χ3v) is 5.93. The summed E-state index contributed by atoms with van der Waals surface area (Å²) in [6, 6.07) is 14.4. The molecule has 0 saturated carbocycles. The smallest absolute Gasteiger partial charge is 0.337 e. The van der Waals surface area contributed by atoms with Crippen LogP contribution >= 0.6 is 0 Å². The van der Waals surface area contributed by atoms with Gasteiger partial charge in [-0.2, -0.15) is 0 Å². The number of anilines is 1. The Morgan fingerprint density at radius 3 is 2.19 bits per heavy atom. The Kier molecular flexibility index (Phi) is 6.13. The van der Waals surface area contributed by atoms with Crippen LogP contribution in [0.25, 0.3) is 0 Å². The first-order valence-electron chi connectivity index (χ1n) is 8.95. The van der Waals surface area contributed by atoms with Gasteiger partial charge in [0.15, 0.2) is 0 Å². The summed E-state index contributed by atoms with van der Waals surface area (Å²) < 4.78 is 31.9. The van der Waals surface area contributed by atoms with Crippen LogP contribution in [0.2, 0.25) is 0 Å². The Bertz CT molecular complexity index is 871. The number of hydrogen-bond donors (Lipinski definition) is 1. The molecular formula is C20H24N2O4S. The molecule has 1 aliphatic heterocycles. The van der Waals surface area contributed by atoms with E-state index in [9.17, 15) is 13.2 Å². The predicted molar refractivity (Wildman–Crippen MR) is 105 cm³/mol. The molecule has 27 heavy (non-hydrogen) atoms. The molecule has 6 nitrogen and oxygen atoms in total. The summed E-state index contributed by atoms with van der Waals surface area (Å²) >= 11 is 0. The highest BCUT2D eigenvalue weighted by Crippen LogP contribution is 2.20. The van der Waals surface area contributed by atoms with Gasteiger partial charge in [0, 0.05) is 25.3 Å². The van der Waals surface area contributed by atoms with Crippen LogP contribution in [0.15, 0.2) is 48.5 Å². The maximum atomic E-state index is 12.3. The first-order valence-corrected chi connectivity index (χ1v) is 10.6. The average molecular weight is 388 g/mol. The lowest BCUT2D eigenvalue weighted by atomic mass is 10.1. The molecule has 0 unspecified atom stereocenters. The van der Waals surface area contributed by atoms with Gasteiger partial charge in [-0.1, -0.05) is 24.3 Å². The number of carbonyl (C=O) groups excluding carboxylic acids is 1. The lowest BCUT2D eigenvalue weighted by Crippen LogP contribution is -2.24. The molecule has 0 aliphatic carbocycles. The maximum absolute atomic E-state index is 12.3. The second-order valence-electron chi connectivity index (χ2n) is 6.63. The van der Waals surface area contributed by atoms with Gasteiger partial charge in [-0.25, -0.2) is 17.9 Å². The Balaban J connectivity index is 1.55. The highest BCUT2D eigenvalue weighted by atomic mass is 32.2. The fourth-order valence-electron chi connectivity index (χ4n) is 3.12. The van der Waals surface area contributed by atoms with Crippen molar-refractivity contribution in [3.63, 3.8) is 0 Å². The number of sulfonamides is 1. The summed E-state index contributed by atoms with van der Waals surface area (Å²) in [6.07, 6.45) is 2.45. The standard InChI is InChI=1S/C20H24N2O4S/c1-26-20(23)18-8-4-17(5-9-18)15-27(24,25)21-14-16-6-10-19(11-7-16)22-12-2-3-13-22/h4-11,21H,2-3,12-15H2,1H3. The second-order valence-corrected chi connectivity index (χ2v) is 8.44. The summed E-state index contributed by atoms with van der Waals surface area (Å²) in [7, 11) is -2.17. The SMILES string of the molecule is COC(=O)c1ccc(CS(=O)(=O)NCc2ccc(N3CCCC3)cc2)cc1. The molecule has 144 valence electrons. The van der Waals surface area contributed by atoms with Crippen molar-refractivity contribution in [2.45, 2.75) is 25.1 Å². The largest absolute Gasteiger partial charge is 0.465 e. The van der Waals surface area contributed by atoms with Gasteiger partial charge < -0.3 is 9.64 Å². The zero-order valence-electron chi connectivity index (χ0n) is 15.3. The molecule has 1 N–H and O–H groups in total. The monoisotopic (exact) mass is 388 g/mol. The summed E-state index contributed by atoms with van der Waals surface area (Å²) in [6.45, 7) is 2.42. The lowest BCUT2D eigenvalue weighted by molar-refractivity contribution is 0.0600. The van der Waals surface area contributed by atoms with Crippen molar-refractivity contribution in [3.8, 4) is 0 Å². The Morgan fingerprint density at radius 1 is 1.00 bits per heavy atom. The van der Waals surface area contributed by atoms with Gasteiger partial charge >= 0.3 is 5.97 Å². The van der Waals surface area contributed by atoms with Crippen LogP contribution in [-0.4, -0.2) is 34.6 Å². The van der Waals surface area contributed by atoms with Crippen LogP contribution in [0.5, 0.6) is 0 Å². The molecule has 0 atom stereocenters. The molecule has 0 bridgehead atoms. The molecule has 7 heteroatoms. The Morgan fingerprint density at radius 2 is 1.59 bits per heavy atom. The number of nitrogens with one attached hydrogen (secondary N) is 1. The number of ether oxygens (including phenoxy) is 1. The third-order valence-electron chi connectivity index (χ3n) is 4.64. The first-order chi connectivity index (χ1) is 13.0. The second kappa shape index (κ2) is 8.54. The normalized spacial score (nSPS) is 14.3. The van der Waals surface area contributed by atoms with E-state index in [1.165, 1.54) is 25.6 Å². The van der Waals surface area contributed by atoms with E-state index >= 15 is 0 Å². The van der Waals surface area contributed by atoms with E-state index in [-0.39, 0.29) is 12.3 Å². The van der Waals surface area contributed by atoms with Crippen LogP contribution in [-0.2, 0) is 27.1 Å². The van der Waals surface area contributed by atoms with Gasteiger partial charge in [-0.3, -0.25) is 0 Å². The molecule has 0 amide bonds. The molecule has 2 aromatic rings. The van der Waals surface area contributed by atoms with Gasteiger partial charge in [-0.05, 0) is 48.2 Å². The summed E-state index contributed by atoms with van der Waals surface area (Å²) in [4.78, 5) is 13.8. The lowest BCUT2D eigenvalue weighted by Gasteiger charge is -2.17. The van der Waals surface area contributed by atoms with E-state index in [1.54, 1.807) is 24.3 Å². The van der Waals surface area contributed by atoms with Crippen molar-refractivity contribution in [3.05, 3.63) is 65.2 Å². The van der Waals surface area contributed by atoms with Crippen LogP contribution in [0.1, 0.15) is 34.3 Å². The molecule has 1 aliphatic rings. The molecule has 0 radical (unpaired) electrons. The first kappa shape index (κ1) is 19.4. The maximum Gasteiger partial charge on any atom is 0.337 e. The Hall–Kier alpha value is -2.38. The summed E-state index contributed by atoms with van der Waals surface area (Å²) in [5, 5.41) is 0. The van der Waals surface area contributed by atoms with Gasteiger partial charge in [0.1, 0.15) is 0 Å². The minimum absolute atomic E-state index is 0.139. The van der Waals surface area contributed by atoms with Gasteiger partial charge in [0.05, 0.1) is 18.4 Å². The van der Waals surface area contributed by atoms with Crippen molar-refractivity contribution in [2.75, 3.05) is 25.1 Å². The van der Waals surface area contributed by atoms with E-state index in [0.29, 0.717) is 11.1 Å². The van der Waals surface area contributed by atoms with Crippen molar-refractivity contribution < 1.29 is 17.9 Å². The van der Waals surface area contributed by atoms with Crippen molar-refractivity contribution in [1.29, 1.82) is 0 Å². The number of esters is 1. The highest BCUT2D eigenvalue weighted by Gasteiger charge is 2.14. The topological polar surface area (TPSA) is 75.7 Å². The van der Waals surface area contributed by atoms with Crippen molar-refractivity contribution in [2.24, 2.45) is 0 Å². The zero-order valence-corrected chi connectivity index (χ0v) is 16.2. The third kappa shape index (κ3) is 5.30. The zero-order chi connectivity index (χ0) is 19.3. The fraction of sp³-hybridized carbons (Fsp3) is 0.350. The molecule has 1 fully saturated rings. The number of methoxy groups -OCH3 is 1. The highest BCUT2D eigenvalue weighted by molar-refractivity contribution is 7.88. The molecule has 1 saturated heterocycles. The molecule has 2 aromatic carbocycles. The molecule has 3 rings (SSSR count). The summed E-state index contributed by atoms with van der Waals surface area (Å²) in [5.41, 5.74) is 3.11. The number of hydrogen-bond acceptors (Lipinski definition) is 5. The molecule has 0 aromatic heterocycles. The average Bonchev–Trinajstić information content (AvgIpc) is 3.21. The van der Waals surface area contributed by atoms with Crippen LogP contribution in [0, 0.1) is 0 Å². The van der Waals surface area contributed by atoms with Crippen LogP contribution < -0.4 is 9.62 Å². The minimum atomic E-state index is -3.47. The van der Waals surface area contributed by atoms with Crippen molar-refractivity contribution >= 4 is 21.7 Å². The van der Waals surface area contributed by atoms with E-state index in [2.05, 4.69) is 14.4 Å². The van der Waals surface area contributed by atoms with E-state index < -0.39 is 16.0 Å². The predicted octanol–water partition coefficient (Wildman–Crippen LogP) is 2.69. The molecule has 0 spiro atoms. The van der Waals surface area contributed by atoms with Crippen LogP contribution in [0.3, 0.4) is 0 Å². The summed E-state index contributed by atoms with van der Waals surface area (Å²) in [5.74, 6) is -0.583. The fourth-order valence-corrected chi connectivity index (χ4v) is 4.24. The van der Waals surface area contributed by atoms with Gasteiger partial charge in [0.25, 0.3) is 0 Å². The number of carbonyl (C=O) groups is 1. The van der Waals surface area contributed by atoms with E-state index in [0.717, 1.165) is 18.7 Å². The van der Waals surface area contributed by atoms with Gasteiger partial charge in [-0.15, -0.1) is 0 Å². The minimum Gasteiger partial charge on any atom is -0.465 e. The molecule has 1 heterocycles. The molecular weight excluding hydrogens is 364 g/mol. The van der Waals surface area contributed by atoms with Crippen molar-refractivity contribution in [1.82, 2.24) is 4.72 Å². The number of rotatable bonds is 7. The van der Waals surface area contributed by atoms with Crippen LogP contribution in [0.4, 0.5) is 5.69 Å². The van der Waals surface area contributed by atoms with Gasteiger partial charge in [0.2, 0.25) is 10.0 Å². The Labute approximate surface area is 160 Å². The quantitative estimate of drug-likeness (QED) is 0.738. The van der Waals surface area contributed by atoms with E-state index in [4.69, 9.17) is 0 Å². The number of nitrogens with zero attached hydrogens (tertiary/aromatic N) is 1. The van der Waals surface area contributed by atoms with E-state index in [1.807, 2.05) is 24.3 Å².